The normalized spacial score (nSPS) is 18.8. The van der Waals surface area contributed by atoms with Crippen molar-refractivity contribution in [3.63, 3.8) is 0 Å². The smallest absolute Gasteiger partial charge is 0.412 e. The van der Waals surface area contributed by atoms with Crippen LogP contribution < -0.4 is 22.1 Å². The van der Waals surface area contributed by atoms with Crippen molar-refractivity contribution in [3.8, 4) is 11.1 Å². The van der Waals surface area contributed by atoms with Gasteiger partial charge in [-0.1, -0.05) is 36.4 Å². The van der Waals surface area contributed by atoms with Gasteiger partial charge in [-0.15, -0.1) is 12.4 Å². The number of rotatable bonds is 11. The van der Waals surface area contributed by atoms with E-state index in [-0.39, 0.29) is 37.2 Å². The van der Waals surface area contributed by atoms with Crippen LogP contribution in [0.5, 0.6) is 0 Å². The number of carbonyl (C=O) groups excluding carboxylic acids is 2. The number of benzene rings is 2. The molecule has 1 fully saturated rings. The molecule has 1 saturated heterocycles. The Morgan fingerprint density at radius 2 is 1.81 bits per heavy atom. The molecule has 0 bridgehead atoms. The first-order valence-electron chi connectivity index (χ1n) is 13.2. The van der Waals surface area contributed by atoms with Gasteiger partial charge in [0, 0.05) is 12.6 Å². The molecule has 0 radical (unpaired) electrons. The van der Waals surface area contributed by atoms with Crippen molar-refractivity contribution in [1.82, 2.24) is 9.55 Å². The number of nitrogens with one attached hydrogen (secondary N) is 2. The topological polar surface area (TPSA) is 178 Å². The third kappa shape index (κ3) is 8.26. The average Bonchev–Trinajstić information content (AvgIpc) is 3.20. The van der Waals surface area contributed by atoms with E-state index in [1.165, 1.54) is 0 Å². The molecule has 3 atom stereocenters. The van der Waals surface area contributed by atoms with Crippen molar-refractivity contribution in [1.29, 1.82) is 0 Å². The van der Waals surface area contributed by atoms with Crippen LogP contribution in [-0.2, 0) is 14.3 Å². The standard InChI is InChI=1S/C28H31F2N5O7.ClH/c29-28(30)24(38)21(16-36)42-25(28)35-13-12-22(33-26(35)39)34-27(40)41-14-6-2-5-9-23(37)32-20-15-18(10-11-19(20)31)17-7-3-1-4-8-17;/h1,3-4,7-8,10-13,15,21,24-25,36,38H,2,5-6,9,14,16,31H2,(H,32,37)(H,33,34,39,40);1H/t21-,24-,25-;/m1./s1. The molecule has 0 unspecified atom stereocenters. The van der Waals surface area contributed by atoms with Crippen molar-refractivity contribution >= 4 is 41.6 Å². The monoisotopic (exact) mass is 623 g/mol. The first-order chi connectivity index (χ1) is 20.1. The molecule has 0 spiro atoms. The summed E-state index contributed by atoms with van der Waals surface area (Å²) in [6.45, 7) is -0.841. The van der Waals surface area contributed by atoms with Crippen LogP contribution in [0.4, 0.5) is 30.8 Å². The molecule has 2 heterocycles. The number of nitrogen functional groups attached to an aromatic ring is 1. The fourth-order valence-corrected chi connectivity index (χ4v) is 4.34. The minimum Gasteiger partial charge on any atom is -0.449 e. The lowest BCUT2D eigenvalue weighted by Crippen LogP contribution is -2.41. The third-order valence-electron chi connectivity index (χ3n) is 6.59. The van der Waals surface area contributed by atoms with E-state index >= 15 is 0 Å². The van der Waals surface area contributed by atoms with Crippen molar-refractivity contribution in [3.05, 3.63) is 71.3 Å². The summed E-state index contributed by atoms with van der Waals surface area (Å²) in [4.78, 5) is 40.2. The van der Waals surface area contributed by atoms with E-state index in [1.54, 1.807) is 6.07 Å². The zero-order valence-corrected chi connectivity index (χ0v) is 23.6. The Morgan fingerprint density at radius 3 is 2.49 bits per heavy atom. The van der Waals surface area contributed by atoms with Crippen LogP contribution >= 0.6 is 12.4 Å². The van der Waals surface area contributed by atoms with Gasteiger partial charge in [-0.25, -0.2) is 9.59 Å². The van der Waals surface area contributed by atoms with Gasteiger partial charge >= 0.3 is 17.7 Å². The fraction of sp³-hybridized carbons (Fsp3) is 0.357. The predicted molar refractivity (Wildman–Crippen MR) is 156 cm³/mol. The quantitative estimate of drug-likeness (QED) is 0.158. The van der Waals surface area contributed by atoms with Gasteiger partial charge in [0.2, 0.25) is 12.1 Å². The maximum Gasteiger partial charge on any atom is 0.412 e. The summed E-state index contributed by atoms with van der Waals surface area (Å²) in [5.74, 6) is -4.29. The molecule has 0 aliphatic carbocycles. The van der Waals surface area contributed by atoms with Crippen LogP contribution in [-0.4, -0.2) is 63.1 Å². The highest BCUT2D eigenvalue weighted by atomic mass is 35.5. The van der Waals surface area contributed by atoms with E-state index < -0.39 is 42.7 Å². The second kappa shape index (κ2) is 14.9. The van der Waals surface area contributed by atoms with Crippen molar-refractivity contribution in [2.45, 2.75) is 50.0 Å². The van der Waals surface area contributed by atoms with Gasteiger partial charge in [-0.05, 0) is 48.6 Å². The summed E-state index contributed by atoms with van der Waals surface area (Å²) in [6, 6.07) is 16.2. The highest BCUT2D eigenvalue weighted by Gasteiger charge is 2.59. The number of halogens is 3. The molecule has 15 heteroatoms. The molecular weight excluding hydrogens is 592 g/mol. The second-order valence-corrected chi connectivity index (χ2v) is 9.62. The molecule has 1 aliphatic rings. The maximum atomic E-state index is 14.3. The fourth-order valence-electron chi connectivity index (χ4n) is 4.34. The summed E-state index contributed by atoms with van der Waals surface area (Å²) in [5.41, 5.74) is 7.75. The Labute approximate surface area is 251 Å². The van der Waals surface area contributed by atoms with Crippen LogP contribution in [0.15, 0.2) is 65.6 Å². The minimum atomic E-state index is -3.85. The number of aromatic nitrogens is 2. The largest absolute Gasteiger partial charge is 0.449 e. The Bertz CT molecular complexity index is 1460. The molecule has 12 nitrogen and oxygen atoms in total. The molecule has 2 amide bonds. The summed E-state index contributed by atoms with van der Waals surface area (Å²) in [7, 11) is 0. The average molecular weight is 624 g/mol. The number of unbranched alkanes of at least 4 members (excludes halogenated alkanes) is 2. The highest BCUT2D eigenvalue weighted by molar-refractivity contribution is 5.95. The zero-order chi connectivity index (χ0) is 30.3. The molecule has 1 aliphatic heterocycles. The van der Waals surface area contributed by atoms with Crippen LogP contribution in [0.1, 0.15) is 31.9 Å². The predicted octanol–water partition coefficient (Wildman–Crippen LogP) is 3.55. The van der Waals surface area contributed by atoms with Crippen LogP contribution in [0, 0.1) is 0 Å². The lowest BCUT2D eigenvalue weighted by atomic mass is 10.0. The van der Waals surface area contributed by atoms with Crippen LogP contribution in [0.25, 0.3) is 11.1 Å². The molecule has 3 aromatic rings. The lowest BCUT2D eigenvalue weighted by molar-refractivity contribution is -0.140. The van der Waals surface area contributed by atoms with E-state index in [0.717, 1.165) is 23.4 Å². The summed E-state index contributed by atoms with van der Waals surface area (Å²) >= 11 is 0. The van der Waals surface area contributed by atoms with E-state index in [9.17, 15) is 28.3 Å². The Kier molecular flexibility index (Phi) is 11.5. The van der Waals surface area contributed by atoms with Crippen LogP contribution in [0.3, 0.4) is 0 Å². The molecule has 43 heavy (non-hydrogen) atoms. The minimum absolute atomic E-state index is 0. The number of anilines is 3. The molecule has 6 N–H and O–H groups in total. The Morgan fingerprint density at radius 1 is 1.07 bits per heavy atom. The van der Waals surface area contributed by atoms with E-state index in [4.69, 9.17) is 20.3 Å². The molecule has 0 saturated carbocycles. The number of aliphatic hydroxyl groups excluding tert-OH is 2. The summed E-state index contributed by atoms with van der Waals surface area (Å²) in [5, 5.41) is 23.8. The van der Waals surface area contributed by atoms with Gasteiger partial charge in [0.25, 0.3) is 0 Å². The molecule has 1 aromatic heterocycles. The number of amides is 2. The Balaban J connectivity index is 0.00000506. The number of carbonyl (C=O) groups is 2. The van der Waals surface area contributed by atoms with Gasteiger partial charge in [-0.2, -0.15) is 13.8 Å². The van der Waals surface area contributed by atoms with E-state index in [0.29, 0.717) is 35.2 Å². The first-order valence-corrected chi connectivity index (χ1v) is 13.2. The second-order valence-electron chi connectivity index (χ2n) is 9.62. The van der Waals surface area contributed by atoms with Crippen molar-refractivity contribution in [2.75, 3.05) is 29.6 Å². The number of hydrogen-bond donors (Lipinski definition) is 5. The number of hydrogen-bond acceptors (Lipinski definition) is 9. The molecular formula is C28H32ClF2N5O7. The van der Waals surface area contributed by atoms with Gasteiger partial charge in [0.15, 0.2) is 6.10 Å². The number of aliphatic hydroxyl groups is 2. The highest BCUT2D eigenvalue weighted by Crippen LogP contribution is 2.42. The first kappa shape index (κ1) is 33.4. The number of nitrogens with two attached hydrogens (primary N) is 1. The van der Waals surface area contributed by atoms with E-state index in [2.05, 4.69) is 15.6 Å². The summed E-state index contributed by atoms with van der Waals surface area (Å²) in [6.07, 6.45) is -4.22. The van der Waals surface area contributed by atoms with Crippen molar-refractivity contribution in [2.24, 2.45) is 0 Å². The van der Waals surface area contributed by atoms with Crippen LogP contribution in [0.2, 0.25) is 0 Å². The molecule has 232 valence electrons. The maximum absolute atomic E-state index is 14.3. The van der Waals surface area contributed by atoms with Gasteiger partial charge in [0.05, 0.1) is 24.6 Å². The van der Waals surface area contributed by atoms with E-state index in [1.807, 2.05) is 42.5 Å². The SMILES string of the molecule is Cl.Nc1ccc(-c2ccccc2)cc1NC(=O)CCCCCOC(=O)Nc1ccn([C@@H]2O[C@H](CO)[C@@H](O)C2(F)F)c(=O)n1. The number of nitrogens with zero attached hydrogens (tertiary/aromatic N) is 2. The third-order valence-corrected chi connectivity index (χ3v) is 6.59. The number of ether oxygens (including phenoxy) is 2. The molecule has 2 aromatic carbocycles. The molecule has 4 rings (SSSR count). The van der Waals surface area contributed by atoms with Gasteiger partial charge in [-0.3, -0.25) is 14.7 Å². The van der Waals surface area contributed by atoms with Crippen molar-refractivity contribution < 1.29 is 38.1 Å². The summed E-state index contributed by atoms with van der Waals surface area (Å²) < 4.78 is 39.0. The van der Waals surface area contributed by atoms with Gasteiger partial charge < -0.3 is 30.7 Å². The number of alkyl halides is 2. The van der Waals surface area contributed by atoms with Gasteiger partial charge in [0.1, 0.15) is 11.9 Å². The Hall–Kier alpha value is -4.11. The zero-order valence-electron chi connectivity index (χ0n) is 22.8. The lowest BCUT2D eigenvalue weighted by Gasteiger charge is -2.21.